The van der Waals surface area contributed by atoms with Crippen LogP contribution in [-0.2, 0) is 6.42 Å². The van der Waals surface area contributed by atoms with Crippen molar-refractivity contribution in [2.24, 2.45) is 10.2 Å². The molecule has 0 spiro atoms. The fourth-order valence-electron chi connectivity index (χ4n) is 1.37. The normalized spacial score (nSPS) is 13.5. The number of hydrogen-bond acceptors (Lipinski definition) is 4. The molecule has 1 aliphatic rings. The van der Waals surface area contributed by atoms with Crippen LogP contribution in [0, 0.1) is 0 Å². The van der Waals surface area contributed by atoms with Gasteiger partial charge in [0.1, 0.15) is 0 Å². The van der Waals surface area contributed by atoms with Crippen molar-refractivity contribution in [2.45, 2.75) is 6.42 Å². The Bertz CT molecular complexity index is 411. The van der Waals surface area contributed by atoms with Gasteiger partial charge in [0.05, 0.1) is 13.3 Å². The minimum atomic E-state index is 0.125. The van der Waals surface area contributed by atoms with Crippen LogP contribution in [0.3, 0.4) is 0 Å². The number of aromatic hydroxyl groups is 1. The SMILES string of the molecule is COc1cc2c(cc1O)C=NN=CC2. The van der Waals surface area contributed by atoms with Gasteiger partial charge in [0.15, 0.2) is 11.5 Å². The highest BCUT2D eigenvalue weighted by molar-refractivity contribution is 5.86. The van der Waals surface area contributed by atoms with E-state index in [1.807, 2.05) is 0 Å². The lowest BCUT2D eigenvalue weighted by atomic mass is 10.0. The van der Waals surface area contributed by atoms with Crippen molar-refractivity contribution in [3.63, 3.8) is 0 Å². The van der Waals surface area contributed by atoms with Crippen LogP contribution in [0.15, 0.2) is 22.3 Å². The Morgan fingerprint density at radius 2 is 2.21 bits per heavy atom. The third-order valence-electron chi connectivity index (χ3n) is 2.10. The first kappa shape index (κ1) is 8.74. The number of phenols is 1. The second-order valence-electron chi connectivity index (χ2n) is 2.97. The Morgan fingerprint density at radius 1 is 1.36 bits per heavy atom. The van der Waals surface area contributed by atoms with E-state index in [1.165, 1.54) is 7.11 Å². The minimum Gasteiger partial charge on any atom is -0.504 e. The monoisotopic (exact) mass is 190 g/mol. The van der Waals surface area contributed by atoms with Gasteiger partial charge in [0.25, 0.3) is 0 Å². The zero-order valence-electron chi connectivity index (χ0n) is 7.77. The van der Waals surface area contributed by atoms with Gasteiger partial charge in [-0.15, -0.1) is 0 Å². The Labute approximate surface area is 81.6 Å². The summed E-state index contributed by atoms with van der Waals surface area (Å²) in [5.41, 5.74) is 1.92. The van der Waals surface area contributed by atoms with Crippen LogP contribution in [0.4, 0.5) is 0 Å². The average molecular weight is 190 g/mol. The Kier molecular flexibility index (Phi) is 2.18. The zero-order valence-corrected chi connectivity index (χ0v) is 7.77. The number of rotatable bonds is 1. The van der Waals surface area contributed by atoms with Crippen LogP contribution in [0.1, 0.15) is 11.1 Å². The molecule has 0 aromatic heterocycles. The average Bonchev–Trinajstić information content (AvgIpc) is 2.41. The number of benzene rings is 1. The van der Waals surface area contributed by atoms with Gasteiger partial charge >= 0.3 is 0 Å². The first-order valence-corrected chi connectivity index (χ1v) is 4.26. The van der Waals surface area contributed by atoms with Gasteiger partial charge in [-0.3, -0.25) is 0 Å². The molecule has 2 rings (SSSR count). The van der Waals surface area contributed by atoms with Crippen molar-refractivity contribution in [1.82, 2.24) is 0 Å². The highest BCUT2D eigenvalue weighted by Crippen LogP contribution is 2.29. The third kappa shape index (κ3) is 1.46. The summed E-state index contributed by atoms with van der Waals surface area (Å²) < 4.78 is 5.01. The van der Waals surface area contributed by atoms with E-state index >= 15 is 0 Å². The molecule has 1 aromatic rings. The lowest BCUT2D eigenvalue weighted by Gasteiger charge is -2.07. The minimum absolute atomic E-state index is 0.125. The van der Waals surface area contributed by atoms with Crippen LogP contribution < -0.4 is 4.74 Å². The second kappa shape index (κ2) is 3.49. The van der Waals surface area contributed by atoms with Crippen LogP contribution >= 0.6 is 0 Å². The standard InChI is InChI=1S/C10H10N2O2/c1-14-10-5-7-2-3-11-12-6-8(7)4-9(10)13/h3-6,13H,2H2,1H3. The van der Waals surface area contributed by atoms with Gasteiger partial charge in [-0.05, 0) is 17.7 Å². The topological polar surface area (TPSA) is 54.2 Å². The molecule has 4 nitrogen and oxygen atoms in total. The van der Waals surface area contributed by atoms with E-state index < -0.39 is 0 Å². The lowest BCUT2D eigenvalue weighted by molar-refractivity contribution is 0.373. The number of fused-ring (bicyclic) bond motifs is 1. The first-order chi connectivity index (χ1) is 6.81. The van der Waals surface area contributed by atoms with Crippen LogP contribution in [-0.4, -0.2) is 24.6 Å². The maximum Gasteiger partial charge on any atom is 0.160 e. The van der Waals surface area contributed by atoms with Crippen molar-refractivity contribution >= 4 is 12.4 Å². The molecule has 1 N–H and O–H groups in total. The molecule has 1 heterocycles. The van der Waals surface area contributed by atoms with Gasteiger partial charge in [-0.2, -0.15) is 10.2 Å². The quantitative estimate of drug-likeness (QED) is 0.727. The first-order valence-electron chi connectivity index (χ1n) is 4.26. The molecule has 0 fully saturated rings. The molecule has 1 aromatic carbocycles. The van der Waals surface area contributed by atoms with E-state index in [0.717, 1.165) is 11.1 Å². The molecule has 0 radical (unpaired) electrons. The molecular formula is C10H10N2O2. The molecule has 72 valence electrons. The largest absolute Gasteiger partial charge is 0.504 e. The van der Waals surface area contributed by atoms with E-state index in [4.69, 9.17) is 4.74 Å². The van der Waals surface area contributed by atoms with Crippen molar-refractivity contribution in [1.29, 1.82) is 0 Å². The maximum atomic E-state index is 9.53. The molecular weight excluding hydrogens is 180 g/mol. The molecule has 0 amide bonds. The number of nitrogens with zero attached hydrogens (tertiary/aromatic N) is 2. The summed E-state index contributed by atoms with van der Waals surface area (Å²) in [4.78, 5) is 0. The Hall–Kier alpha value is -1.84. The summed E-state index contributed by atoms with van der Waals surface area (Å²) in [5.74, 6) is 0.604. The van der Waals surface area contributed by atoms with Gasteiger partial charge in [-0.1, -0.05) is 0 Å². The summed E-state index contributed by atoms with van der Waals surface area (Å²) in [6.45, 7) is 0. The van der Waals surface area contributed by atoms with E-state index in [9.17, 15) is 5.11 Å². The van der Waals surface area contributed by atoms with Gasteiger partial charge < -0.3 is 9.84 Å². The molecule has 14 heavy (non-hydrogen) atoms. The fourth-order valence-corrected chi connectivity index (χ4v) is 1.37. The summed E-state index contributed by atoms with van der Waals surface area (Å²) in [6, 6.07) is 3.43. The lowest BCUT2D eigenvalue weighted by Crippen LogP contribution is -1.94. The molecule has 4 heteroatoms. The predicted molar refractivity (Wildman–Crippen MR) is 54.4 cm³/mol. The summed E-state index contributed by atoms with van der Waals surface area (Å²) >= 11 is 0. The molecule has 0 atom stereocenters. The fraction of sp³-hybridized carbons (Fsp3) is 0.200. The molecule has 0 saturated carbocycles. The molecule has 0 bridgehead atoms. The van der Waals surface area contributed by atoms with Crippen molar-refractivity contribution in [2.75, 3.05) is 7.11 Å². The number of phenolic OH excluding ortho intramolecular Hbond substituents is 1. The van der Waals surface area contributed by atoms with Crippen LogP contribution in [0.2, 0.25) is 0 Å². The van der Waals surface area contributed by atoms with Crippen molar-refractivity contribution in [3.05, 3.63) is 23.3 Å². The van der Waals surface area contributed by atoms with Crippen LogP contribution in [0.5, 0.6) is 11.5 Å². The highest BCUT2D eigenvalue weighted by Gasteiger charge is 2.08. The Morgan fingerprint density at radius 3 is 3.00 bits per heavy atom. The Balaban J connectivity index is 2.53. The van der Waals surface area contributed by atoms with Gasteiger partial charge in [0.2, 0.25) is 0 Å². The maximum absolute atomic E-state index is 9.53. The third-order valence-corrected chi connectivity index (χ3v) is 2.10. The van der Waals surface area contributed by atoms with E-state index in [2.05, 4.69) is 10.2 Å². The highest BCUT2D eigenvalue weighted by atomic mass is 16.5. The zero-order chi connectivity index (χ0) is 9.97. The second-order valence-corrected chi connectivity index (χ2v) is 2.97. The summed E-state index contributed by atoms with van der Waals surface area (Å²) in [7, 11) is 1.53. The van der Waals surface area contributed by atoms with Crippen molar-refractivity contribution in [3.8, 4) is 11.5 Å². The molecule has 0 saturated heterocycles. The smallest absolute Gasteiger partial charge is 0.160 e. The predicted octanol–water partition coefficient (Wildman–Crippen LogP) is 1.36. The molecule has 0 aliphatic carbocycles. The molecule has 1 aliphatic heterocycles. The summed E-state index contributed by atoms with van der Waals surface area (Å²) in [6.07, 6.45) is 4.04. The van der Waals surface area contributed by atoms with Crippen molar-refractivity contribution < 1.29 is 9.84 Å². The van der Waals surface area contributed by atoms with E-state index in [-0.39, 0.29) is 5.75 Å². The molecule has 0 unspecified atom stereocenters. The summed E-state index contributed by atoms with van der Waals surface area (Å²) in [5, 5.41) is 17.1. The van der Waals surface area contributed by atoms with Gasteiger partial charge in [-0.25, -0.2) is 0 Å². The number of ether oxygens (including phenoxy) is 1. The number of methoxy groups -OCH3 is 1. The van der Waals surface area contributed by atoms with E-state index in [1.54, 1.807) is 24.6 Å². The van der Waals surface area contributed by atoms with Gasteiger partial charge in [0, 0.05) is 18.2 Å². The van der Waals surface area contributed by atoms with E-state index in [0.29, 0.717) is 12.2 Å². The van der Waals surface area contributed by atoms with Crippen LogP contribution in [0.25, 0.3) is 0 Å². The number of hydrogen-bond donors (Lipinski definition) is 1.